The van der Waals surface area contributed by atoms with Gasteiger partial charge in [-0.2, -0.15) is 5.10 Å². The molecule has 2 heterocycles. The summed E-state index contributed by atoms with van der Waals surface area (Å²) < 4.78 is 1.57. The molecule has 0 spiro atoms. The molecule has 2 aromatic rings. The van der Waals surface area contributed by atoms with Crippen LogP contribution in [-0.2, 0) is 4.79 Å². The Hall–Kier alpha value is -2.34. The van der Waals surface area contributed by atoms with Crippen LogP contribution in [0.4, 0.5) is 0 Å². The molecule has 6 nitrogen and oxygen atoms in total. The van der Waals surface area contributed by atoms with E-state index < -0.39 is 11.9 Å². The van der Waals surface area contributed by atoms with E-state index in [0.717, 1.165) is 5.69 Å². The van der Waals surface area contributed by atoms with Crippen molar-refractivity contribution in [1.29, 1.82) is 0 Å². The molecule has 1 aromatic heterocycles. The maximum Gasteiger partial charge on any atom is 0.308 e. The number of likely N-dealkylation sites (tertiary alicyclic amines) is 1. The Morgan fingerprint density at radius 2 is 2.14 bits per heavy atom. The second-order valence-electron chi connectivity index (χ2n) is 5.20. The summed E-state index contributed by atoms with van der Waals surface area (Å²) in [5.74, 6) is -1.59. The third-order valence-corrected chi connectivity index (χ3v) is 3.94. The molecular formula is C15H14ClN3O3. The lowest BCUT2D eigenvalue weighted by atomic mass is 10.1. The molecule has 1 atom stereocenters. The highest BCUT2D eigenvalue weighted by Crippen LogP contribution is 2.19. The average Bonchev–Trinajstić information content (AvgIpc) is 3.16. The maximum absolute atomic E-state index is 12.4. The number of hydrogen-bond acceptors (Lipinski definition) is 3. The van der Waals surface area contributed by atoms with E-state index >= 15 is 0 Å². The SMILES string of the molecule is O=C(O)[C@@H]1CCN(C(=O)c2ccn(-c3cccc(Cl)c3)n2)C1. The van der Waals surface area contributed by atoms with Gasteiger partial charge in [0, 0.05) is 24.3 Å². The van der Waals surface area contributed by atoms with Gasteiger partial charge < -0.3 is 10.0 Å². The first-order chi connectivity index (χ1) is 10.5. The number of carboxylic acid groups (broad SMARTS) is 1. The minimum absolute atomic E-state index is 0.234. The molecular weight excluding hydrogens is 306 g/mol. The highest BCUT2D eigenvalue weighted by molar-refractivity contribution is 6.30. The molecule has 1 aliphatic rings. The number of rotatable bonds is 3. The van der Waals surface area contributed by atoms with Crippen molar-refractivity contribution >= 4 is 23.5 Å². The van der Waals surface area contributed by atoms with E-state index in [1.807, 2.05) is 6.07 Å². The number of carboxylic acids is 1. The molecule has 22 heavy (non-hydrogen) atoms. The van der Waals surface area contributed by atoms with Gasteiger partial charge >= 0.3 is 5.97 Å². The predicted octanol–water partition coefficient (Wildman–Crippen LogP) is 2.07. The number of benzene rings is 1. The monoisotopic (exact) mass is 319 g/mol. The number of carbonyl (C=O) groups excluding carboxylic acids is 1. The van der Waals surface area contributed by atoms with Gasteiger partial charge in [-0.15, -0.1) is 0 Å². The molecule has 1 fully saturated rings. The van der Waals surface area contributed by atoms with E-state index in [1.54, 1.807) is 35.1 Å². The highest BCUT2D eigenvalue weighted by atomic mass is 35.5. The fourth-order valence-electron chi connectivity index (χ4n) is 2.51. The van der Waals surface area contributed by atoms with Gasteiger partial charge in [0.1, 0.15) is 0 Å². The van der Waals surface area contributed by atoms with Crippen molar-refractivity contribution in [3.05, 3.63) is 47.2 Å². The molecule has 0 saturated carbocycles. The van der Waals surface area contributed by atoms with Crippen LogP contribution in [0.2, 0.25) is 5.02 Å². The zero-order valence-corrected chi connectivity index (χ0v) is 12.4. The van der Waals surface area contributed by atoms with E-state index in [-0.39, 0.29) is 12.5 Å². The van der Waals surface area contributed by atoms with Crippen molar-refractivity contribution in [2.45, 2.75) is 6.42 Å². The van der Waals surface area contributed by atoms with Crippen molar-refractivity contribution in [3.8, 4) is 5.69 Å². The zero-order chi connectivity index (χ0) is 15.7. The van der Waals surface area contributed by atoms with Gasteiger partial charge in [-0.25, -0.2) is 4.68 Å². The molecule has 1 aromatic carbocycles. The van der Waals surface area contributed by atoms with Gasteiger partial charge in [0.25, 0.3) is 5.91 Å². The molecule has 0 bridgehead atoms. The molecule has 0 aliphatic carbocycles. The summed E-state index contributed by atoms with van der Waals surface area (Å²) in [5, 5.41) is 13.8. The minimum atomic E-state index is -0.861. The van der Waals surface area contributed by atoms with Crippen LogP contribution in [0.3, 0.4) is 0 Å². The maximum atomic E-state index is 12.4. The van der Waals surface area contributed by atoms with E-state index in [9.17, 15) is 9.59 Å². The van der Waals surface area contributed by atoms with Crippen molar-refractivity contribution in [2.24, 2.45) is 5.92 Å². The van der Waals surface area contributed by atoms with E-state index in [2.05, 4.69) is 5.10 Å². The molecule has 1 saturated heterocycles. The Morgan fingerprint density at radius 3 is 2.82 bits per heavy atom. The third kappa shape index (κ3) is 2.82. The summed E-state index contributed by atoms with van der Waals surface area (Å²) in [6.45, 7) is 0.679. The minimum Gasteiger partial charge on any atom is -0.481 e. The summed E-state index contributed by atoms with van der Waals surface area (Å²) in [7, 11) is 0. The van der Waals surface area contributed by atoms with Crippen LogP contribution in [0, 0.1) is 5.92 Å². The zero-order valence-electron chi connectivity index (χ0n) is 11.6. The van der Waals surface area contributed by atoms with Gasteiger partial charge in [-0.05, 0) is 30.7 Å². The van der Waals surface area contributed by atoms with E-state index in [1.165, 1.54) is 4.90 Å². The van der Waals surface area contributed by atoms with Crippen LogP contribution in [0.1, 0.15) is 16.9 Å². The standard InChI is InChI=1S/C15H14ClN3O3/c16-11-2-1-3-12(8-11)19-7-5-13(17-19)14(20)18-6-4-10(9-18)15(21)22/h1-3,5,7-8,10H,4,6,9H2,(H,21,22)/t10-/m1/s1. The largest absolute Gasteiger partial charge is 0.481 e. The van der Waals surface area contributed by atoms with Crippen LogP contribution in [0.5, 0.6) is 0 Å². The highest BCUT2D eigenvalue weighted by Gasteiger charge is 2.32. The number of amides is 1. The molecule has 0 radical (unpaired) electrons. The summed E-state index contributed by atoms with van der Waals surface area (Å²) >= 11 is 5.94. The normalized spacial score (nSPS) is 17.7. The Morgan fingerprint density at radius 1 is 1.32 bits per heavy atom. The smallest absolute Gasteiger partial charge is 0.308 e. The molecule has 1 aliphatic heterocycles. The Bertz CT molecular complexity index is 728. The quantitative estimate of drug-likeness (QED) is 0.939. The fourth-order valence-corrected chi connectivity index (χ4v) is 2.69. The molecule has 114 valence electrons. The number of nitrogens with zero attached hydrogens (tertiary/aromatic N) is 3. The topological polar surface area (TPSA) is 75.4 Å². The summed E-state index contributed by atoms with van der Waals surface area (Å²) in [6, 6.07) is 8.77. The van der Waals surface area contributed by atoms with Crippen molar-refractivity contribution in [1.82, 2.24) is 14.7 Å². The lowest BCUT2D eigenvalue weighted by Gasteiger charge is -2.13. The second-order valence-corrected chi connectivity index (χ2v) is 5.64. The lowest BCUT2D eigenvalue weighted by Crippen LogP contribution is -2.30. The van der Waals surface area contributed by atoms with Gasteiger partial charge in [0.05, 0.1) is 11.6 Å². The van der Waals surface area contributed by atoms with Gasteiger partial charge in [0.15, 0.2) is 5.69 Å². The van der Waals surface area contributed by atoms with Crippen LogP contribution in [-0.4, -0.2) is 44.8 Å². The molecule has 1 amide bonds. The molecule has 3 rings (SSSR count). The number of halogens is 1. The summed E-state index contributed by atoms with van der Waals surface area (Å²) in [5.41, 5.74) is 1.06. The number of hydrogen-bond donors (Lipinski definition) is 1. The first-order valence-electron chi connectivity index (χ1n) is 6.88. The van der Waals surface area contributed by atoms with E-state index in [0.29, 0.717) is 23.7 Å². The van der Waals surface area contributed by atoms with Gasteiger partial charge in [-0.3, -0.25) is 9.59 Å². The predicted molar refractivity (Wildman–Crippen MR) is 80.2 cm³/mol. The third-order valence-electron chi connectivity index (χ3n) is 3.71. The fraction of sp³-hybridized carbons (Fsp3) is 0.267. The van der Waals surface area contributed by atoms with Crippen LogP contribution < -0.4 is 0 Å². The van der Waals surface area contributed by atoms with Crippen LogP contribution in [0.25, 0.3) is 5.69 Å². The van der Waals surface area contributed by atoms with Gasteiger partial charge in [0.2, 0.25) is 0 Å². The first kappa shape index (κ1) is 14.6. The first-order valence-corrected chi connectivity index (χ1v) is 7.26. The molecule has 7 heteroatoms. The van der Waals surface area contributed by atoms with Gasteiger partial charge in [-0.1, -0.05) is 17.7 Å². The van der Waals surface area contributed by atoms with Crippen LogP contribution >= 0.6 is 11.6 Å². The number of aromatic nitrogens is 2. The Kier molecular flexibility index (Phi) is 3.85. The Balaban J connectivity index is 1.77. The summed E-state index contributed by atoms with van der Waals surface area (Å²) in [4.78, 5) is 24.8. The van der Waals surface area contributed by atoms with Crippen molar-refractivity contribution in [3.63, 3.8) is 0 Å². The number of carbonyl (C=O) groups is 2. The summed E-state index contributed by atoms with van der Waals surface area (Å²) in [6.07, 6.45) is 2.17. The van der Waals surface area contributed by atoms with Crippen molar-refractivity contribution < 1.29 is 14.7 Å². The Labute approximate surface area is 131 Å². The van der Waals surface area contributed by atoms with E-state index in [4.69, 9.17) is 16.7 Å². The number of aliphatic carboxylic acids is 1. The molecule has 1 N–H and O–H groups in total. The van der Waals surface area contributed by atoms with Crippen LogP contribution in [0.15, 0.2) is 36.5 Å². The van der Waals surface area contributed by atoms with Crippen molar-refractivity contribution in [2.75, 3.05) is 13.1 Å². The average molecular weight is 320 g/mol. The molecule has 0 unspecified atom stereocenters. The second kappa shape index (κ2) is 5.81. The lowest BCUT2D eigenvalue weighted by molar-refractivity contribution is -0.141.